The molecule has 1 rings (SSSR count). The van der Waals surface area contributed by atoms with E-state index in [0.29, 0.717) is 18.9 Å². The first kappa shape index (κ1) is 14.8. The molecule has 0 saturated heterocycles. The molecule has 1 heterocycles. The van der Waals surface area contributed by atoms with Gasteiger partial charge in [0.15, 0.2) is 0 Å². The van der Waals surface area contributed by atoms with Gasteiger partial charge in [-0.15, -0.1) is 0 Å². The van der Waals surface area contributed by atoms with Crippen LogP contribution in [0.2, 0.25) is 0 Å². The van der Waals surface area contributed by atoms with Crippen LogP contribution in [0.1, 0.15) is 49.8 Å². The number of furan rings is 1. The van der Waals surface area contributed by atoms with E-state index >= 15 is 0 Å². The van der Waals surface area contributed by atoms with Crippen molar-refractivity contribution in [2.75, 3.05) is 6.54 Å². The van der Waals surface area contributed by atoms with Crippen molar-refractivity contribution in [1.82, 2.24) is 5.32 Å². The van der Waals surface area contributed by atoms with Crippen molar-refractivity contribution < 1.29 is 9.21 Å². The second-order valence-corrected chi connectivity index (χ2v) is 5.04. The first-order valence-corrected chi connectivity index (χ1v) is 6.50. The first-order chi connectivity index (χ1) is 8.43. The van der Waals surface area contributed by atoms with Crippen molar-refractivity contribution >= 4 is 5.91 Å². The van der Waals surface area contributed by atoms with E-state index in [0.717, 1.165) is 23.5 Å². The Balaban J connectivity index is 2.47. The highest BCUT2D eigenvalue weighted by atomic mass is 16.3. The fourth-order valence-corrected chi connectivity index (χ4v) is 1.97. The number of carbonyl (C=O) groups is 1. The Morgan fingerprint density at radius 3 is 2.61 bits per heavy atom. The topological polar surface area (TPSA) is 68.3 Å². The summed E-state index contributed by atoms with van der Waals surface area (Å²) in [5.74, 6) is 2.21. The van der Waals surface area contributed by atoms with Gasteiger partial charge in [0.25, 0.3) is 0 Å². The SMILES string of the molecule is Cc1cc(C(C)NC(=O)CCC(C)CN)c(C)o1. The van der Waals surface area contributed by atoms with Gasteiger partial charge in [0.1, 0.15) is 11.5 Å². The summed E-state index contributed by atoms with van der Waals surface area (Å²) in [5.41, 5.74) is 6.58. The van der Waals surface area contributed by atoms with Crippen molar-refractivity contribution in [1.29, 1.82) is 0 Å². The fourth-order valence-electron chi connectivity index (χ4n) is 1.97. The minimum Gasteiger partial charge on any atom is -0.466 e. The summed E-state index contributed by atoms with van der Waals surface area (Å²) in [6.07, 6.45) is 1.36. The van der Waals surface area contributed by atoms with E-state index in [9.17, 15) is 4.79 Å². The molecule has 0 aliphatic heterocycles. The normalized spacial score (nSPS) is 14.3. The van der Waals surface area contributed by atoms with Gasteiger partial charge >= 0.3 is 0 Å². The molecule has 4 nitrogen and oxygen atoms in total. The van der Waals surface area contributed by atoms with Gasteiger partial charge in [-0.2, -0.15) is 0 Å². The highest BCUT2D eigenvalue weighted by molar-refractivity contribution is 5.76. The third-order valence-electron chi connectivity index (χ3n) is 3.19. The molecule has 0 saturated carbocycles. The number of nitrogens with one attached hydrogen (secondary N) is 1. The molecule has 0 aliphatic rings. The second kappa shape index (κ2) is 6.59. The van der Waals surface area contributed by atoms with Crippen LogP contribution in [0, 0.1) is 19.8 Å². The van der Waals surface area contributed by atoms with E-state index in [1.54, 1.807) is 0 Å². The molecule has 1 amide bonds. The van der Waals surface area contributed by atoms with Gasteiger partial charge in [0.2, 0.25) is 5.91 Å². The van der Waals surface area contributed by atoms with Gasteiger partial charge in [-0.1, -0.05) is 6.92 Å². The summed E-state index contributed by atoms with van der Waals surface area (Å²) in [5, 5.41) is 2.99. The van der Waals surface area contributed by atoms with Gasteiger partial charge < -0.3 is 15.5 Å². The second-order valence-electron chi connectivity index (χ2n) is 5.04. The quantitative estimate of drug-likeness (QED) is 0.817. The van der Waals surface area contributed by atoms with Crippen molar-refractivity contribution in [2.24, 2.45) is 11.7 Å². The largest absolute Gasteiger partial charge is 0.466 e. The molecule has 1 aromatic rings. The average Bonchev–Trinajstić information content (AvgIpc) is 2.65. The third kappa shape index (κ3) is 4.18. The molecule has 0 bridgehead atoms. The van der Waals surface area contributed by atoms with E-state index in [1.165, 1.54) is 0 Å². The van der Waals surface area contributed by atoms with Gasteiger partial charge in [-0.25, -0.2) is 0 Å². The molecule has 3 N–H and O–H groups in total. The van der Waals surface area contributed by atoms with Crippen molar-refractivity contribution in [3.63, 3.8) is 0 Å². The predicted molar refractivity (Wildman–Crippen MR) is 72.2 cm³/mol. The van der Waals surface area contributed by atoms with Gasteiger partial charge in [0.05, 0.1) is 6.04 Å². The number of hydrogen-bond donors (Lipinski definition) is 2. The number of rotatable bonds is 6. The standard InChI is InChI=1S/C14H24N2O2/c1-9(8-15)5-6-14(17)16-11(3)13-7-10(2)18-12(13)4/h7,9,11H,5-6,8,15H2,1-4H3,(H,16,17). The predicted octanol–water partition coefficient (Wildman–Crippen LogP) is 2.45. The Kier molecular flexibility index (Phi) is 5.41. The zero-order valence-corrected chi connectivity index (χ0v) is 11.7. The molecule has 0 aliphatic carbocycles. The maximum Gasteiger partial charge on any atom is 0.220 e. The Morgan fingerprint density at radius 2 is 2.11 bits per heavy atom. The highest BCUT2D eigenvalue weighted by Gasteiger charge is 2.15. The van der Waals surface area contributed by atoms with Gasteiger partial charge in [-0.3, -0.25) is 4.79 Å². The summed E-state index contributed by atoms with van der Waals surface area (Å²) in [6.45, 7) is 8.49. The fraction of sp³-hybridized carbons (Fsp3) is 0.643. The first-order valence-electron chi connectivity index (χ1n) is 6.50. The zero-order valence-electron chi connectivity index (χ0n) is 11.7. The lowest BCUT2D eigenvalue weighted by atomic mass is 10.0. The van der Waals surface area contributed by atoms with Crippen LogP contribution in [0.5, 0.6) is 0 Å². The molecule has 1 aromatic heterocycles. The minimum atomic E-state index is -0.0110. The molecule has 2 atom stereocenters. The highest BCUT2D eigenvalue weighted by Crippen LogP contribution is 2.21. The van der Waals surface area contributed by atoms with Crippen LogP contribution in [0.15, 0.2) is 10.5 Å². The molecule has 0 aromatic carbocycles. The van der Waals surface area contributed by atoms with Gasteiger partial charge in [-0.05, 0) is 45.7 Å². The molecule has 0 fully saturated rings. The Labute approximate surface area is 109 Å². The van der Waals surface area contributed by atoms with Crippen LogP contribution in [-0.4, -0.2) is 12.5 Å². The van der Waals surface area contributed by atoms with E-state index in [4.69, 9.17) is 10.2 Å². The van der Waals surface area contributed by atoms with Crippen molar-refractivity contribution in [3.05, 3.63) is 23.2 Å². The smallest absolute Gasteiger partial charge is 0.220 e. The number of hydrogen-bond acceptors (Lipinski definition) is 3. The number of carbonyl (C=O) groups excluding carboxylic acids is 1. The molecule has 0 spiro atoms. The number of amides is 1. The Hall–Kier alpha value is -1.29. The number of aryl methyl sites for hydroxylation is 2. The van der Waals surface area contributed by atoms with E-state index in [1.807, 2.05) is 26.8 Å². The summed E-state index contributed by atoms with van der Waals surface area (Å²) in [4.78, 5) is 11.8. The summed E-state index contributed by atoms with van der Waals surface area (Å²) < 4.78 is 5.46. The average molecular weight is 252 g/mol. The molecular weight excluding hydrogens is 228 g/mol. The molecule has 4 heteroatoms. The van der Waals surface area contributed by atoms with Crippen LogP contribution in [0.25, 0.3) is 0 Å². The zero-order chi connectivity index (χ0) is 13.7. The lowest BCUT2D eigenvalue weighted by Crippen LogP contribution is -2.27. The van der Waals surface area contributed by atoms with Crippen LogP contribution in [0.3, 0.4) is 0 Å². The summed E-state index contributed by atoms with van der Waals surface area (Å²) >= 11 is 0. The Morgan fingerprint density at radius 1 is 1.44 bits per heavy atom. The van der Waals surface area contributed by atoms with Gasteiger partial charge in [0, 0.05) is 12.0 Å². The molecule has 2 unspecified atom stereocenters. The van der Waals surface area contributed by atoms with E-state index in [-0.39, 0.29) is 11.9 Å². The van der Waals surface area contributed by atoms with E-state index in [2.05, 4.69) is 12.2 Å². The molecule has 0 radical (unpaired) electrons. The third-order valence-corrected chi connectivity index (χ3v) is 3.19. The molecule has 18 heavy (non-hydrogen) atoms. The maximum absolute atomic E-state index is 11.8. The van der Waals surface area contributed by atoms with Crippen molar-refractivity contribution in [2.45, 2.75) is 46.6 Å². The summed E-state index contributed by atoms with van der Waals surface area (Å²) in [7, 11) is 0. The monoisotopic (exact) mass is 252 g/mol. The molecular formula is C14H24N2O2. The minimum absolute atomic E-state index is 0.0110. The Bertz CT molecular complexity index is 398. The van der Waals surface area contributed by atoms with Crippen LogP contribution >= 0.6 is 0 Å². The lowest BCUT2D eigenvalue weighted by molar-refractivity contribution is -0.122. The lowest BCUT2D eigenvalue weighted by Gasteiger charge is -2.14. The van der Waals surface area contributed by atoms with Crippen LogP contribution in [-0.2, 0) is 4.79 Å². The summed E-state index contributed by atoms with van der Waals surface area (Å²) in [6, 6.07) is 1.96. The van der Waals surface area contributed by atoms with Crippen LogP contribution < -0.4 is 11.1 Å². The van der Waals surface area contributed by atoms with Crippen molar-refractivity contribution in [3.8, 4) is 0 Å². The van der Waals surface area contributed by atoms with E-state index < -0.39 is 0 Å². The number of nitrogens with two attached hydrogens (primary N) is 1. The maximum atomic E-state index is 11.8. The van der Waals surface area contributed by atoms with Crippen LogP contribution in [0.4, 0.5) is 0 Å². The molecule has 102 valence electrons.